The molecule has 0 N–H and O–H groups in total. The number of aromatic nitrogens is 1. The SMILES string of the molecule is [2H]C1([2H])c2ccc(-c3ccccc3C)[n+](C)c2C([2H])([2H])C12CCCC2. The van der Waals surface area contributed by atoms with Crippen LogP contribution in [0.1, 0.15) is 48.0 Å². The Bertz CT molecular complexity index is 851. The number of hydrogen-bond donors (Lipinski definition) is 0. The van der Waals surface area contributed by atoms with Crippen molar-refractivity contribution in [3.05, 3.63) is 53.2 Å². The molecule has 0 bridgehead atoms. The minimum atomic E-state index is -1.67. The molecular weight excluding hydrogens is 254 g/mol. The van der Waals surface area contributed by atoms with E-state index in [1.54, 1.807) is 0 Å². The van der Waals surface area contributed by atoms with Crippen LogP contribution in [0, 0.1) is 12.3 Å². The molecule has 0 saturated heterocycles. The maximum absolute atomic E-state index is 8.93. The van der Waals surface area contributed by atoms with Gasteiger partial charge in [0.1, 0.15) is 7.05 Å². The third kappa shape index (κ3) is 2.02. The van der Waals surface area contributed by atoms with E-state index in [1.165, 1.54) is 0 Å². The molecule has 0 unspecified atom stereocenters. The van der Waals surface area contributed by atoms with Crippen molar-refractivity contribution in [2.24, 2.45) is 12.5 Å². The summed E-state index contributed by atoms with van der Waals surface area (Å²) in [6.45, 7) is 2.05. The highest BCUT2D eigenvalue weighted by atomic mass is 15.0. The summed E-state index contributed by atoms with van der Waals surface area (Å²) in [6.07, 6.45) is -0.272. The van der Waals surface area contributed by atoms with E-state index >= 15 is 0 Å². The molecule has 2 aromatic rings. The second-order valence-electron chi connectivity index (χ2n) is 6.39. The molecule has 0 amide bonds. The monoisotopic (exact) mass is 282 g/mol. The lowest BCUT2D eigenvalue weighted by Gasteiger charge is -2.20. The van der Waals surface area contributed by atoms with E-state index in [2.05, 4.69) is 13.0 Å². The number of hydrogen-bond acceptors (Lipinski definition) is 0. The molecular formula is C20H24N+. The van der Waals surface area contributed by atoms with E-state index < -0.39 is 18.2 Å². The van der Waals surface area contributed by atoms with Gasteiger partial charge < -0.3 is 0 Å². The molecule has 1 saturated carbocycles. The first-order chi connectivity index (χ1) is 11.7. The molecule has 1 heteroatoms. The number of pyridine rings is 1. The molecule has 1 heterocycles. The Balaban J connectivity index is 1.99. The predicted octanol–water partition coefficient (Wildman–Crippen LogP) is 4.15. The summed E-state index contributed by atoms with van der Waals surface area (Å²) in [7, 11) is 1.88. The van der Waals surface area contributed by atoms with Gasteiger partial charge in [-0.2, -0.15) is 4.57 Å². The second-order valence-corrected chi connectivity index (χ2v) is 6.39. The van der Waals surface area contributed by atoms with Crippen molar-refractivity contribution < 1.29 is 10.1 Å². The van der Waals surface area contributed by atoms with Crippen LogP contribution in [0.3, 0.4) is 0 Å². The van der Waals surface area contributed by atoms with Crippen LogP contribution in [0.4, 0.5) is 0 Å². The van der Waals surface area contributed by atoms with E-state index in [9.17, 15) is 0 Å². The van der Waals surface area contributed by atoms with Gasteiger partial charge in [-0.1, -0.05) is 31.0 Å². The molecule has 2 aliphatic rings. The number of nitrogens with zero attached hydrogens (tertiary/aromatic N) is 1. The van der Waals surface area contributed by atoms with Crippen LogP contribution >= 0.6 is 0 Å². The summed E-state index contributed by atoms with van der Waals surface area (Å²) in [5, 5.41) is 0. The fraction of sp³-hybridized carbons (Fsp3) is 0.450. The van der Waals surface area contributed by atoms with Gasteiger partial charge >= 0.3 is 0 Å². The van der Waals surface area contributed by atoms with Crippen LogP contribution in [0.2, 0.25) is 0 Å². The van der Waals surface area contributed by atoms with E-state index in [0.29, 0.717) is 24.1 Å². The van der Waals surface area contributed by atoms with Gasteiger partial charge in [-0.25, -0.2) is 0 Å². The maximum atomic E-state index is 8.93. The standard InChI is InChI=1S/C20H24N/c1-15-7-3-4-8-17(15)18-10-9-16-13-20(11-5-6-12-20)14-19(16)21(18)2/h3-4,7-10H,5-6,11-14H2,1-2H3/q+1/i13D2,14D2. The highest BCUT2D eigenvalue weighted by Gasteiger charge is 2.43. The lowest BCUT2D eigenvalue weighted by atomic mass is 9.83. The molecule has 1 fully saturated rings. The first-order valence-electron chi connectivity index (χ1n) is 9.84. The van der Waals surface area contributed by atoms with E-state index in [1.807, 2.05) is 41.9 Å². The maximum Gasteiger partial charge on any atom is 0.212 e. The summed E-state index contributed by atoms with van der Waals surface area (Å²) in [5.41, 5.74) is 3.24. The quantitative estimate of drug-likeness (QED) is 0.692. The van der Waals surface area contributed by atoms with Gasteiger partial charge in [0.05, 0.1) is 0 Å². The van der Waals surface area contributed by atoms with Crippen molar-refractivity contribution in [3.8, 4) is 11.3 Å². The molecule has 1 aromatic carbocycles. The largest absolute Gasteiger partial charge is 0.212 e. The van der Waals surface area contributed by atoms with Gasteiger partial charge in [0.2, 0.25) is 5.69 Å². The minimum Gasteiger partial charge on any atom is -0.198 e. The molecule has 2 aliphatic carbocycles. The van der Waals surface area contributed by atoms with Crippen LogP contribution in [-0.4, -0.2) is 0 Å². The summed E-state index contributed by atoms with van der Waals surface area (Å²) in [4.78, 5) is 0. The van der Waals surface area contributed by atoms with Crippen molar-refractivity contribution in [2.75, 3.05) is 0 Å². The first kappa shape index (κ1) is 9.40. The average molecular weight is 282 g/mol. The van der Waals surface area contributed by atoms with Crippen LogP contribution in [-0.2, 0) is 19.8 Å². The van der Waals surface area contributed by atoms with Crippen molar-refractivity contribution in [1.29, 1.82) is 0 Å². The molecule has 108 valence electrons. The molecule has 0 aliphatic heterocycles. The van der Waals surface area contributed by atoms with Gasteiger partial charge in [0.15, 0.2) is 5.69 Å². The molecule has 1 nitrogen and oxygen atoms in total. The van der Waals surface area contributed by atoms with Gasteiger partial charge in [0.25, 0.3) is 0 Å². The topological polar surface area (TPSA) is 3.88 Å². The highest BCUT2D eigenvalue weighted by Crippen LogP contribution is 2.48. The second kappa shape index (κ2) is 4.69. The smallest absolute Gasteiger partial charge is 0.198 e. The Morgan fingerprint density at radius 3 is 2.57 bits per heavy atom. The van der Waals surface area contributed by atoms with Crippen molar-refractivity contribution in [3.63, 3.8) is 0 Å². The van der Waals surface area contributed by atoms with Crippen molar-refractivity contribution >= 4 is 0 Å². The summed E-state index contributed by atoms with van der Waals surface area (Å²) in [6, 6.07) is 11.8. The average Bonchev–Trinajstić information content (AvgIpc) is 3.10. The third-order valence-corrected chi connectivity index (χ3v) is 4.97. The van der Waals surface area contributed by atoms with Gasteiger partial charge in [-0.05, 0) is 49.2 Å². The fourth-order valence-corrected chi connectivity index (χ4v) is 3.78. The van der Waals surface area contributed by atoms with Crippen molar-refractivity contribution in [1.82, 2.24) is 0 Å². The molecule has 1 aromatic heterocycles. The van der Waals surface area contributed by atoms with Gasteiger partial charge in [0, 0.05) is 29.0 Å². The molecule has 1 spiro atoms. The Labute approximate surface area is 133 Å². The summed E-state index contributed by atoms with van der Waals surface area (Å²) in [5.74, 6) is 0. The normalized spacial score (nSPS) is 26.8. The number of benzene rings is 1. The first-order valence-corrected chi connectivity index (χ1v) is 7.84. The molecule has 4 rings (SSSR count). The fourth-order valence-electron chi connectivity index (χ4n) is 3.78. The van der Waals surface area contributed by atoms with Crippen molar-refractivity contribution in [2.45, 2.75) is 45.4 Å². The third-order valence-electron chi connectivity index (χ3n) is 4.97. The Morgan fingerprint density at radius 2 is 1.81 bits per heavy atom. The zero-order valence-electron chi connectivity index (χ0n) is 16.7. The Hall–Kier alpha value is -1.63. The van der Waals surface area contributed by atoms with Crippen LogP contribution < -0.4 is 4.57 Å². The van der Waals surface area contributed by atoms with Crippen LogP contribution in [0.25, 0.3) is 11.3 Å². The van der Waals surface area contributed by atoms with E-state index in [0.717, 1.165) is 29.7 Å². The number of fused-ring (bicyclic) bond motifs is 1. The van der Waals surface area contributed by atoms with E-state index in [-0.39, 0.29) is 0 Å². The van der Waals surface area contributed by atoms with Gasteiger partial charge in [-0.3, -0.25) is 0 Å². The summed E-state index contributed by atoms with van der Waals surface area (Å²) >= 11 is 0. The zero-order chi connectivity index (χ0) is 18.0. The Kier molecular flexibility index (Phi) is 2.10. The van der Waals surface area contributed by atoms with Crippen LogP contribution in [0.5, 0.6) is 0 Å². The molecule has 21 heavy (non-hydrogen) atoms. The van der Waals surface area contributed by atoms with Gasteiger partial charge in [-0.15, -0.1) is 0 Å². The van der Waals surface area contributed by atoms with Crippen LogP contribution in [0.15, 0.2) is 36.4 Å². The molecule has 0 radical (unpaired) electrons. The number of rotatable bonds is 1. The zero-order valence-corrected chi connectivity index (χ0v) is 12.7. The number of aryl methyl sites for hydroxylation is 1. The summed E-state index contributed by atoms with van der Waals surface area (Å²) < 4.78 is 37.3. The Morgan fingerprint density at radius 1 is 1.05 bits per heavy atom. The van der Waals surface area contributed by atoms with E-state index in [4.69, 9.17) is 5.48 Å². The predicted molar refractivity (Wildman–Crippen MR) is 86.1 cm³/mol. The lowest BCUT2D eigenvalue weighted by molar-refractivity contribution is -0.668. The highest BCUT2D eigenvalue weighted by molar-refractivity contribution is 5.61. The molecule has 0 atom stereocenters. The minimum absolute atomic E-state index is 0.514. The lowest BCUT2D eigenvalue weighted by Crippen LogP contribution is -2.37.